The first-order valence-electron chi connectivity index (χ1n) is 5.86. The number of H-pyrrole nitrogens is 1. The summed E-state index contributed by atoms with van der Waals surface area (Å²) in [6, 6.07) is 8.07. The standard InChI is InChI=1S/C13H19N3O/c1-13(2,9-17-14)8-7-12-15-10-5-3-4-6-11(10)16-12/h3-6H,7-9,14H2,1-2H3,(H,15,16). The van der Waals surface area contributed by atoms with Crippen molar-refractivity contribution < 1.29 is 4.84 Å². The fourth-order valence-electron chi connectivity index (χ4n) is 1.88. The van der Waals surface area contributed by atoms with Crippen molar-refractivity contribution in [1.82, 2.24) is 9.97 Å². The third kappa shape index (κ3) is 3.05. The molecule has 0 aliphatic heterocycles. The number of aromatic amines is 1. The Hall–Kier alpha value is -1.39. The predicted octanol–water partition coefficient (Wildman–Crippen LogP) is 2.41. The summed E-state index contributed by atoms with van der Waals surface area (Å²) in [6.07, 6.45) is 1.90. The van der Waals surface area contributed by atoms with Crippen molar-refractivity contribution in [3.8, 4) is 0 Å². The molecule has 1 aromatic carbocycles. The van der Waals surface area contributed by atoms with Gasteiger partial charge in [-0.2, -0.15) is 0 Å². The molecular weight excluding hydrogens is 214 g/mol. The molecular formula is C13H19N3O. The number of hydrogen-bond acceptors (Lipinski definition) is 3. The highest BCUT2D eigenvalue weighted by molar-refractivity contribution is 5.74. The summed E-state index contributed by atoms with van der Waals surface area (Å²) in [5, 5.41) is 0. The van der Waals surface area contributed by atoms with Crippen LogP contribution in [0.5, 0.6) is 0 Å². The molecule has 0 bridgehead atoms. The van der Waals surface area contributed by atoms with E-state index in [1.54, 1.807) is 0 Å². The van der Waals surface area contributed by atoms with Crippen LogP contribution in [0.4, 0.5) is 0 Å². The number of nitrogens with zero attached hydrogens (tertiary/aromatic N) is 1. The van der Waals surface area contributed by atoms with E-state index in [4.69, 9.17) is 10.7 Å². The van der Waals surface area contributed by atoms with Gasteiger partial charge in [-0.1, -0.05) is 26.0 Å². The van der Waals surface area contributed by atoms with Gasteiger partial charge in [-0.3, -0.25) is 0 Å². The zero-order chi connectivity index (χ0) is 12.3. The van der Waals surface area contributed by atoms with Gasteiger partial charge in [-0.15, -0.1) is 0 Å². The molecule has 0 unspecified atom stereocenters. The summed E-state index contributed by atoms with van der Waals surface area (Å²) in [7, 11) is 0. The van der Waals surface area contributed by atoms with E-state index in [-0.39, 0.29) is 5.41 Å². The summed E-state index contributed by atoms with van der Waals surface area (Å²) in [4.78, 5) is 12.6. The van der Waals surface area contributed by atoms with Gasteiger partial charge in [-0.25, -0.2) is 10.9 Å². The lowest BCUT2D eigenvalue weighted by Gasteiger charge is -2.22. The van der Waals surface area contributed by atoms with Crippen LogP contribution in [-0.2, 0) is 11.3 Å². The Bertz CT molecular complexity index is 457. The van der Waals surface area contributed by atoms with Gasteiger partial charge in [-0.05, 0) is 24.0 Å². The van der Waals surface area contributed by atoms with Crippen LogP contribution in [0.3, 0.4) is 0 Å². The van der Waals surface area contributed by atoms with E-state index >= 15 is 0 Å². The van der Waals surface area contributed by atoms with E-state index in [0.717, 1.165) is 29.7 Å². The maximum atomic E-state index is 5.12. The summed E-state index contributed by atoms with van der Waals surface area (Å²) >= 11 is 0. The van der Waals surface area contributed by atoms with Crippen molar-refractivity contribution in [1.29, 1.82) is 0 Å². The minimum Gasteiger partial charge on any atom is -0.342 e. The molecule has 0 aliphatic rings. The molecule has 1 heterocycles. The smallest absolute Gasteiger partial charge is 0.107 e. The van der Waals surface area contributed by atoms with Gasteiger partial charge in [0.05, 0.1) is 17.6 Å². The summed E-state index contributed by atoms with van der Waals surface area (Å²) in [5.74, 6) is 6.15. The monoisotopic (exact) mass is 233 g/mol. The van der Waals surface area contributed by atoms with Crippen LogP contribution >= 0.6 is 0 Å². The molecule has 0 radical (unpaired) electrons. The van der Waals surface area contributed by atoms with Gasteiger partial charge in [0.15, 0.2) is 0 Å². The highest BCUT2D eigenvalue weighted by Crippen LogP contribution is 2.22. The number of para-hydroxylation sites is 2. The topological polar surface area (TPSA) is 63.9 Å². The SMILES string of the molecule is CC(C)(CCc1nc2ccccc2[nH]1)CON. The molecule has 4 heteroatoms. The van der Waals surface area contributed by atoms with E-state index in [1.807, 2.05) is 24.3 Å². The first kappa shape index (κ1) is 12.1. The van der Waals surface area contributed by atoms with Crippen molar-refractivity contribution in [2.24, 2.45) is 11.3 Å². The molecule has 0 fully saturated rings. The Morgan fingerprint density at radius 2 is 2.12 bits per heavy atom. The van der Waals surface area contributed by atoms with Crippen LogP contribution in [0.15, 0.2) is 24.3 Å². The molecule has 1 aromatic heterocycles. The molecule has 0 amide bonds. The van der Waals surface area contributed by atoms with E-state index < -0.39 is 0 Å². The number of hydrogen-bond donors (Lipinski definition) is 2. The minimum absolute atomic E-state index is 0.0771. The Labute approximate surface area is 101 Å². The van der Waals surface area contributed by atoms with Gasteiger partial charge in [0, 0.05) is 6.42 Å². The fraction of sp³-hybridized carbons (Fsp3) is 0.462. The Morgan fingerprint density at radius 3 is 2.82 bits per heavy atom. The molecule has 4 nitrogen and oxygen atoms in total. The van der Waals surface area contributed by atoms with Gasteiger partial charge >= 0.3 is 0 Å². The first-order valence-corrected chi connectivity index (χ1v) is 5.86. The number of rotatable bonds is 5. The van der Waals surface area contributed by atoms with Gasteiger partial charge in [0.2, 0.25) is 0 Å². The average molecular weight is 233 g/mol. The third-order valence-corrected chi connectivity index (χ3v) is 2.95. The second-order valence-corrected chi connectivity index (χ2v) is 5.18. The molecule has 2 rings (SSSR count). The van der Waals surface area contributed by atoms with E-state index in [0.29, 0.717) is 6.61 Å². The van der Waals surface area contributed by atoms with Crippen LogP contribution < -0.4 is 5.90 Å². The number of nitrogens with two attached hydrogens (primary N) is 1. The van der Waals surface area contributed by atoms with Crippen LogP contribution in [0.25, 0.3) is 11.0 Å². The maximum Gasteiger partial charge on any atom is 0.107 e. The van der Waals surface area contributed by atoms with Crippen molar-refractivity contribution in [2.45, 2.75) is 26.7 Å². The number of fused-ring (bicyclic) bond motifs is 1. The van der Waals surface area contributed by atoms with Crippen LogP contribution in [0.2, 0.25) is 0 Å². The Kier molecular flexibility index (Phi) is 3.45. The van der Waals surface area contributed by atoms with Crippen molar-refractivity contribution in [3.63, 3.8) is 0 Å². The Morgan fingerprint density at radius 1 is 1.35 bits per heavy atom. The summed E-state index contributed by atoms with van der Waals surface area (Å²) < 4.78 is 0. The normalized spacial score (nSPS) is 12.2. The number of aromatic nitrogens is 2. The van der Waals surface area contributed by atoms with E-state index in [2.05, 4.69) is 23.8 Å². The van der Waals surface area contributed by atoms with Crippen molar-refractivity contribution in [2.75, 3.05) is 6.61 Å². The zero-order valence-electron chi connectivity index (χ0n) is 10.4. The highest BCUT2D eigenvalue weighted by Gasteiger charge is 2.18. The Balaban J connectivity index is 2.04. The average Bonchev–Trinajstić information content (AvgIpc) is 2.69. The number of nitrogens with one attached hydrogen (secondary N) is 1. The molecule has 0 saturated heterocycles. The molecule has 17 heavy (non-hydrogen) atoms. The van der Waals surface area contributed by atoms with E-state index in [9.17, 15) is 0 Å². The molecule has 2 aromatic rings. The predicted molar refractivity (Wildman–Crippen MR) is 68.3 cm³/mol. The molecule has 0 spiro atoms. The first-order chi connectivity index (χ1) is 8.11. The number of imidazole rings is 1. The molecule has 92 valence electrons. The van der Waals surface area contributed by atoms with E-state index in [1.165, 1.54) is 0 Å². The maximum absolute atomic E-state index is 5.12. The summed E-state index contributed by atoms with van der Waals surface area (Å²) in [6.45, 7) is 4.85. The second-order valence-electron chi connectivity index (χ2n) is 5.18. The van der Waals surface area contributed by atoms with Gasteiger partial charge in [0.25, 0.3) is 0 Å². The molecule has 3 N–H and O–H groups in total. The number of benzene rings is 1. The van der Waals surface area contributed by atoms with Crippen molar-refractivity contribution in [3.05, 3.63) is 30.1 Å². The molecule has 0 aliphatic carbocycles. The highest BCUT2D eigenvalue weighted by atomic mass is 16.6. The van der Waals surface area contributed by atoms with Gasteiger partial charge < -0.3 is 9.82 Å². The largest absolute Gasteiger partial charge is 0.342 e. The zero-order valence-corrected chi connectivity index (χ0v) is 10.4. The van der Waals surface area contributed by atoms with Crippen LogP contribution in [0.1, 0.15) is 26.1 Å². The third-order valence-electron chi connectivity index (χ3n) is 2.95. The van der Waals surface area contributed by atoms with Crippen molar-refractivity contribution >= 4 is 11.0 Å². The van der Waals surface area contributed by atoms with Crippen LogP contribution in [-0.4, -0.2) is 16.6 Å². The quantitative estimate of drug-likeness (QED) is 0.779. The second kappa shape index (κ2) is 4.85. The minimum atomic E-state index is 0.0771. The van der Waals surface area contributed by atoms with Crippen LogP contribution in [0, 0.1) is 5.41 Å². The number of aryl methyl sites for hydroxylation is 1. The van der Waals surface area contributed by atoms with Gasteiger partial charge in [0.1, 0.15) is 5.82 Å². The fourth-order valence-corrected chi connectivity index (χ4v) is 1.88. The molecule has 0 atom stereocenters. The lowest BCUT2D eigenvalue weighted by atomic mass is 9.89. The summed E-state index contributed by atoms with van der Waals surface area (Å²) in [5.41, 5.74) is 2.19. The lowest BCUT2D eigenvalue weighted by Crippen LogP contribution is -2.22. The lowest BCUT2D eigenvalue weighted by molar-refractivity contribution is 0.0581. The molecule has 0 saturated carbocycles.